The van der Waals surface area contributed by atoms with Crippen molar-refractivity contribution in [1.29, 1.82) is 0 Å². The number of methoxy groups -OCH3 is 1. The zero-order chi connectivity index (χ0) is 18.8. The molecule has 0 bridgehead atoms. The molecule has 1 aliphatic carbocycles. The van der Waals surface area contributed by atoms with Crippen molar-refractivity contribution in [2.24, 2.45) is 5.92 Å². The van der Waals surface area contributed by atoms with Crippen LogP contribution in [0.25, 0.3) is 0 Å². The smallest absolute Gasteiger partial charge is 0.228 e. The molecule has 2 unspecified atom stereocenters. The number of piperazine rings is 1. The highest BCUT2D eigenvalue weighted by molar-refractivity contribution is 5.97. The van der Waals surface area contributed by atoms with Crippen molar-refractivity contribution >= 4 is 17.3 Å². The van der Waals surface area contributed by atoms with Crippen molar-refractivity contribution in [1.82, 2.24) is 9.88 Å². The Kier molecular flexibility index (Phi) is 4.99. The van der Waals surface area contributed by atoms with Crippen molar-refractivity contribution in [2.75, 3.05) is 50.6 Å². The summed E-state index contributed by atoms with van der Waals surface area (Å²) in [5.41, 5.74) is 3.07. The molecule has 27 heavy (non-hydrogen) atoms. The van der Waals surface area contributed by atoms with Gasteiger partial charge in [-0.05, 0) is 43.1 Å². The predicted octanol–water partition coefficient (Wildman–Crippen LogP) is 2.58. The number of aromatic nitrogens is 1. The van der Waals surface area contributed by atoms with Gasteiger partial charge in [-0.2, -0.15) is 0 Å². The highest BCUT2D eigenvalue weighted by Gasteiger charge is 2.44. The Balaban J connectivity index is 1.42. The summed E-state index contributed by atoms with van der Waals surface area (Å²) in [6, 6.07) is 10.0. The van der Waals surface area contributed by atoms with Crippen LogP contribution >= 0.6 is 0 Å². The number of ether oxygens (including phenoxy) is 1. The standard InChI is InChI=1S/C21H26N4O2/c1-24-9-11-25(12-10-24)20-7-8-22-14-19(20)23-21(26)18-13-17(18)15-3-5-16(27-2)6-4-15/h3-8,14,17-18H,9-13H2,1-2H3,(H,23,26). The fraction of sp³-hybridized carbons (Fsp3) is 0.429. The molecule has 2 atom stereocenters. The quantitative estimate of drug-likeness (QED) is 0.881. The molecule has 1 saturated carbocycles. The molecule has 2 fully saturated rings. The first-order valence-electron chi connectivity index (χ1n) is 9.48. The van der Waals surface area contributed by atoms with E-state index >= 15 is 0 Å². The molecule has 1 aliphatic heterocycles. The minimum Gasteiger partial charge on any atom is -0.497 e. The van der Waals surface area contributed by atoms with Crippen LogP contribution < -0.4 is 15.0 Å². The molecular weight excluding hydrogens is 340 g/mol. The van der Waals surface area contributed by atoms with Crippen molar-refractivity contribution in [2.45, 2.75) is 12.3 Å². The van der Waals surface area contributed by atoms with Gasteiger partial charge < -0.3 is 19.9 Å². The first kappa shape index (κ1) is 17.8. The summed E-state index contributed by atoms with van der Waals surface area (Å²) in [6.07, 6.45) is 4.44. The van der Waals surface area contributed by atoms with Crippen molar-refractivity contribution < 1.29 is 9.53 Å². The summed E-state index contributed by atoms with van der Waals surface area (Å²) < 4.78 is 5.21. The van der Waals surface area contributed by atoms with Gasteiger partial charge in [0.15, 0.2) is 0 Å². The number of likely N-dealkylation sites (N-methyl/N-ethyl adjacent to an activating group) is 1. The molecule has 1 saturated heterocycles. The van der Waals surface area contributed by atoms with E-state index in [1.54, 1.807) is 19.5 Å². The second-order valence-corrected chi connectivity index (χ2v) is 7.39. The number of amides is 1. The number of nitrogens with one attached hydrogen (secondary N) is 1. The number of hydrogen-bond donors (Lipinski definition) is 1. The first-order valence-corrected chi connectivity index (χ1v) is 9.48. The molecule has 6 heteroatoms. The van der Waals surface area contributed by atoms with Crippen molar-refractivity contribution in [3.05, 3.63) is 48.3 Å². The molecule has 0 radical (unpaired) electrons. The number of rotatable bonds is 5. The van der Waals surface area contributed by atoms with Gasteiger partial charge in [0.2, 0.25) is 5.91 Å². The molecule has 2 aromatic rings. The second kappa shape index (κ2) is 7.56. The molecule has 2 aliphatic rings. The van der Waals surface area contributed by atoms with Crippen LogP contribution in [0.3, 0.4) is 0 Å². The van der Waals surface area contributed by atoms with Crippen molar-refractivity contribution in [3.8, 4) is 5.75 Å². The van der Waals surface area contributed by atoms with E-state index in [0.29, 0.717) is 5.92 Å². The third kappa shape index (κ3) is 3.90. The van der Waals surface area contributed by atoms with E-state index in [-0.39, 0.29) is 11.8 Å². The number of benzene rings is 1. The molecule has 1 N–H and O–H groups in total. The summed E-state index contributed by atoms with van der Waals surface area (Å²) >= 11 is 0. The van der Waals surface area contributed by atoms with Gasteiger partial charge in [0.25, 0.3) is 0 Å². The Morgan fingerprint density at radius 3 is 2.59 bits per heavy atom. The predicted molar refractivity (Wildman–Crippen MR) is 106 cm³/mol. The number of anilines is 2. The number of pyridine rings is 1. The maximum absolute atomic E-state index is 12.8. The molecule has 0 spiro atoms. The Morgan fingerprint density at radius 2 is 1.89 bits per heavy atom. The summed E-state index contributed by atoms with van der Waals surface area (Å²) in [5.74, 6) is 1.24. The van der Waals surface area contributed by atoms with Crippen molar-refractivity contribution in [3.63, 3.8) is 0 Å². The summed E-state index contributed by atoms with van der Waals surface area (Å²) in [4.78, 5) is 21.6. The molecule has 6 nitrogen and oxygen atoms in total. The SMILES string of the molecule is COc1ccc(C2CC2C(=O)Nc2cnccc2N2CCN(C)CC2)cc1. The van der Waals surface area contributed by atoms with Crippen LogP contribution in [0.2, 0.25) is 0 Å². The Hall–Kier alpha value is -2.60. The first-order chi connectivity index (χ1) is 13.2. The Morgan fingerprint density at radius 1 is 1.15 bits per heavy atom. The third-order valence-corrected chi connectivity index (χ3v) is 5.57. The van der Waals surface area contributed by atoms with E-state index < -0.39 is 0 Å². The van der Waals surface area contributed by atoms with Gasteiger partial charge in [0, 0.05) is 38.3 Å². The topological polar surface area (TPSA) is 57.7 Å². The fourth-order valence-corrected chi connectivity index (χ4v) is 3.74. The largest absolute Gasteiger partial charge is 0.497 e. The molecule has 2 heterocycles. The van der Waals surface area contributed by atoms with Gasteiger partial charge in [0.1, 0.15) is 5.75 Å². The number of nitrogens with zero attached hydrogens (tertiary/aromatic N) is 3. The lowest BCUT2D eigenvalue weighted by atomic mass is 10.1. The summed E-state index contributed by atoms with van der Waals surface area (Å²) in [5, 5.41) is 3.12. The minimum atomic E-state index is 0.0268. The lowest BCUT2D eigenvalue weighted by Crippen LogP contribution is -2.44. The molecule has 142 valence electrons. The molecule has 1 amide bonds. The normalized spacial score (nSPS) is 22.4. The van der Waals surface area contributed by atoms with E-state index in [4.69, 9.17) is 4.74 Å². The lowest BCUT2D eigenvalue weighted by molar-refractivity contribution is -0.117. The van der Waals surface area contributed by atoms with Crippen LogP contribution in [0, 0.1) is 5.92 Å². The fourth-order valence-electron chi connectivity index (χ4n) is 3.74. The van der Waals surface area contributed by atoms with E-state index in [2.05, 4.69) is 39.3 Å². The summed E-state index contributed by atoms with van der Waals surface area (Å²) in [7, 11) is 3.80. The van der Waals surface area contributed by atoms with Gasteiger partial charge >= 0.3 is 0 Å². The van der Waals surface area contributed by atoms with E-state index in [1.807, 2.05) is 18.2 Å². The Labute approximate surface area is 160 Å². The zero-order valence-electron chi connectivity index (χ0n) is 15.9. The highest BCUT2D eigenvalue weighted by atomic mass is 16.5. The number of hydrogen-bond acceptors (Lipinski definition) is 5. The minimum absolute atomic E-state index is 0.0268. The molecular formula is C21H26N4O2. The van der Waals surface area contributed by atoms with E-state index in [0.717, 1.165) is 49.7 Å². The Bertz CT molecular complexity index is 800. The van der Waals surface area contributed by atoms with Gasteiger partial charge in [0.05, 0.1) is 24.7 Å². The maximum atomic E-state index is 12.8. The maximum Gasteiger partial charge on any atom is 0.228 e. The average Bonchev–Trinajstić information content (AvgIpc) is 3.50. The third-order valence-electron chi connectivity index (χ3n) is 5.57. The van der Waals surface area contributed by atoms with Crippen LogP contribution in [0.5, 0.6) is 5.75 Å². The van der Waals surface area contributed by atoms with E-state index in [9.17, 15) is 4.79 Å². The van der Waals surface area contributed by atoms with Gasteiger partial charge in [-0.1, -0.05) is 12.1 Å². The molecule has 1 aromatic heterocycles. The summed E-state index contributed by atoms with van der Waals surface area (Å²) in [6.45, 7) is 3.97. The van der Waals surface area contributed by atoms with E-state index in [1.165, 1.54) is 5.56 Å². The second-order valence-electron chi connectivity index (χ2n) is 7.39. The van der Waals surface area contributed by atoms with Crippen LogP contribution in [0.4, 0.5) is 11.4 Å². The van der Waals surface area contributed by atoms with Gasteiger partial charge in [-0.3, -0.25) is 9.78 Å². The van der Waals surface area contributed by atoms with Gasteiger partial charge in [-0.15, -0.1) is 0 Å². The lowest BCUT2D eigenvalue weighted by Gasteiger charge is -2.34. The zero-order valence-corrected chi connectivity index (χ0v) is 15.9. The number of carbonyl (C=O) groups is 1. The van der Waals surface area contributed by atoms with Crippen LogP contribution in [0.15, 0.2) is 42.7 Å². The molecule has 1 aromatic carbocycles. The monoisotopic (exact) mass is 366 g/mol. The van der Waals surface area contributed by atoms with Crippen LogP contribution in [-0.2, 0) is 4.79 Å². The van der Waals surface area contributed by atoms with Crippen LogP contribution in [0.1, 0.15) is 17.9 Å². The van der Waals surface area contributed by atoms with Crippen LogP contribution in [-0.4, -0.2) is 56.1 Å². The highest BCUT2D eigenvalue weighted by Crippen LogP contribution is 2.48. The average molecular weight is 366 g/mol. The van der Waals surface area contributed by atoms with Gasteiger partial charge in [-0.25, -0.2) is 0 Å². The molecule has 4 rings (SSSR count). The number of carbonyl (C=O) groups excluding carboxylic acids is 1.